The SMILES string of the molecule is CNc1ccccc1C(=O)OCC(=O)Nc1ncc(S(=O)(=O)c2ccc([N+](=O)[O-])cc2)s1. The smallest absolute Gasteiger partial charge is 0.340 e. The fourth-order valence-corrected chi connectivity index (χ4v) is 5.00. The molecular weight excluding hydrogens is 460 g/mol. The van der Waals surface area contributed by atoms with Gasteiger partial charge < -0.3 is 10.1 Å². The van der Waals surface area contributed by atoms with Crippen molar-refractivity contribution in [3.63, 3.8) is 0 Å². The molecule has 0 atom stereocenters. The summed E-state index contributed by atoms with van der Waals surface area (Å²) in [6, 6.07) is 11.0. The molecule has 2 aromatic carbocycles. The minimum atomic E-state index is -3.98. The van der Waals surface area contributed by atoms with E-state index in [1.807, 2.05) is 0 Å². The number of nitrogens with one attached hydrogen (secondary N) is 2. The first-order chi connectivity index (χ1) is 15.2. The minimum Gasteiger partial charge on any atom is -0.452 e. The number of ether oxygens (including phenoxy) is 1. The van der Waals surface area contributed by atoms with E-state index in [1.54, 1.807) is 31.3 Å². The monoisotopic (exact) mass is 476 g/mol. The standard InChI is InChI=1S/C19H16N4O7S2/c1-20-15-5-3-2-4-14(15)18(25)30-11-16(24)22-19-21-10-17(31-19)32(28,29)13-8-6-12(7-9-13)23(26)27/h2-10,20H,11H2,1H3,(H,21,22,24). The average molecular weight is 476 g/mol. The number of aromatic nitrogens is 1. The molecule has 0 unspecified atom stereocenters. The van der Waals surface area contributed by atoms with Gasteiger partial charge in [0.2, 0.25) is 9.84 Å². The van der Waals surface area contributed by atoms with Crippen LogP contribution in [0, 0.1) is 10.1 Å². The number of nitrogens with zero attached hydrogens (tertiary/aromatic N) is 2. The number of hydrogen-bond acceptors (Lipinski definition) is 10. The maximum Gasteiger partial charge on any atom is 0.340 e. The highest BCUT2D eigenvalue weighted by atomic mass is 32.2. The van der Waals surface area contributed by atoms with Gasteiger partial charge in [0.25, 0.3) is 11.6 Å². The predicted molar refractivity (Wildman–Crippen MR) is 116 cm³/mol. The largest absolute Gasteiger partial charge is 0.452 e. The van der Waals surface area contributed by atoms with Crippen LogP contribution in [0.5, 0.6) is 0 Å². The van der Waals surface area contributed by atoms with Crippen molar-refractivity contribution >= 4 is 49.6 Å². The number of nitro groups is 1. The predicted octanol–water partition coefficient (Wildman–Crippen LogP) is 2.72. The van der Waals surface area contributed by atoms with Gasteiger partial charge in [-0.05, 0) is 24.3 Å². The first-order valence-corrected chi connectivity index (χ1v) is 11.2. The van der Waals surface area contributed by atoms with E-state index in [0.717, 1.165) is 30.5 Å². The van der Waals surface area contributed by atoms with E-state index in [2.05, 4.69) is 15.6 Å². The van der Waals surface area contributed by atoms with Gasteiger partial charge in [0, 0.05) is 24.9 Å². The number of nitro benzene ring substituents is 1. The Morgan fingerprint density at radius 3 is 2.50 bits per heavy atom. The number of rotatable bonds is 8. The van der Waals surface area contributed by atoms with Gasteiger partial charge in [-0.1, -0.05) is 23.5 Å². The summed E-state index contributed by atoms with van der Waals surface area (Å²) in [6.07, 6.45) is 1.06. The first-order valence-electron chi connectivity index (χ1n) is 8.91. The summed E-state index contributed by atoms with van der Waals surface area (Å²) in [5, 5.41) is 15.9. The molecule has 0 fully saturated rings. The molecular formula is C19H16N4O7S2. The van der Waals surface area contributed by atoms with Gasteiger partial charge in [0.05, 0.1) is 21.6 Å². The van der Waals surface area contributed by atoms with Crippen molar-refractivity contribution in [1.29, 1.82) is 0 Å². The molecule has 32 heavy (non-hydrogen) atoms. The third-order valence-corrected chi connectivity index (χ3v) is 7.25. The summed E-state index contributed by atoms with van der Waals surface area (Å²) in [4.78, 5) is 38.0. The Morgan fingerprint density at radius 1 is 1.16 bits per heavy atom. The van der Waals surface area contributed by atoms with Crippen LogP contribution in [0.3, 0.4) is 0 Å². The number of para-hydroxylation sites is 1. The summed E-state index contributed by atoms with van der Waals surface area (Å²) >= 11 is 0.695. The number of thiazole rings is 1. The van der Waals surface area contributed by atoms with Crippen LogP contribution in [0.15, 0.2) is 63.8 Å². The third kappa shape index (κ3) is 5.07. The highest BCUT2D eigenvalue weighted by Gasteiger charge is 2.23. The molecule has 3 aromatic rings. The van der Waals surface area contributed by atoms with Gasteiger partial charge in [-0.25, -0.2) is 18.2 Å². The molecule has 166 valence electrons. The lowest BCUT2D eigenvalue weighted by Crippen LogP contribution is -2.21. The van der Waals surface area contributed by atoms with Gasteiger partial charge in [-0.2, -0.15) is 0 Å². The lowest BCUT2D eigenvalue weighted by atomic mass is 10.2. The molecule has 11 nitrogen and oxygen atoms in total. The number of amides is 1. The molecule has 0 aliphatic heterocycles. The number of carbonyl (C=O) groups is 2. The number of non-ortho nitro benzene ring substituents is 1. The highest BCUT2D eigenvalue weighted by molar-refractivity contribution is 7.93. The van der Waals surface area contributed by atoms with Gasteiger partial charge in [-0.3, -0.25) is 20.2 Å². The fraction of sp³-hybridized carbons (Fsp3) is 0.105. The maximum absolute atomic E-state index is 12.7. The molecule has 0 aliphatic rings. The van der Waals surface area contributed by atoms with Crippen LogP contribution in [0.4, 0.5) is 16.5 Å². The van der Waals surface area contributed by atoms with Crippen LogP contribution in [0.1, 0.15) is 10.4 Å². The van der Waals surface area contributed by atoms with Crippen molar-refractivity contribution in [2.45, 2.75) is 9.10 Å². The van der Waals surface area contributed by atoms with E-state index in [4.69, 9.17) is 4.74 Å². The van der Waals surface area contributed by atoms with Crippen molar-refractivity contribution in [3.05, 3.63) is 70.4 Å². The zero-order valence-corrected chi connectivity index (χ0v) is 18.1. The topological polar surface area (TPSA) is 158 Å². The fourth-order valence-electron chi connectivity index (χ4n) is 2.55. The molecule has 1 heterocycles. The number of sulfone groups is 1. The molecule has 1 aromatic heterocycles. The summed E-state index contributed by atoms with van der Waals surface area (Å²) in [6.45, 7) is -0.596. The van der Waals surface area contributed by atoms with Crippen LogP contribution in [0.25, 0.3) is 0 Å². The van der Waals surface area contributed by atoms with E-state index in [1.165, 1.54) is 0 Å². The number of hydrogen-bond donors (Lipinski definition) is 2. The maximum atomic E-state index is 12.7. The summed E-state index contributed by atoms with van der Waals surface area (Å²) in [5.41, 5.74) is 0.556. The van der Waals surface area contributed by atoms with Crippen molar-refractivity contribution in [2.75, 3.05) is 24.3 Å². The van der Waals surface area contributed by atoms with E-state index in [-0.39, 0.29) is 25.5 Å². The Labute approximate surface area is 186 Å². The molecule has 2 N–H and O–H groups in total. The summed E-state index contributed by atoms with van der Waals surface area (Å²) < 4.78 is 30.1. The van der Waals surface area contributed by atoms with Crippen LogP contribution in [-0.4, -0.2) is 43.9 Å². The minimum absolute atomic E-state index is 0.0119. The number of benzene rings is 2. The van der Waals surface area contributed by atoms with Crippen LogP contribution >= 0.6 is 11.3 Å². The molecule has 3 rings (SSSR count). The molecule has 0 bridgehead atoms. The second-order valence-corrected chi connectivity index (χ2v) is 9.37. The summed E-state index contributed by atoms with van der Waals surface area (Å²) in [7, 11) is -2.33. The van der Waals surface area contributed by atoms with Crippen LogP contribution in [0.2, 0.25) is 0 Å². The first kappa shape index (κ1) is 22.8. The van der Waals surface area contributed by atoms with Crippen molar-refractivity contribution in [3.8, 4) is 0 Å². The number of anilines is 2. The second kappa shape index (κ2) is 9.53. The van der Waals surface area contributed by atoms with Crippen molar-refractivity contribution in [2.24, 2.45) is 0 Å². The lowest BCUT2D eigenvalue weighted by Gasteiger charge is -2.08. The molecule has 0 aliphatic carbocycles. The molecule has 0 spiro atoms. The van der Waals surface area contributed by atoms with Crippen molar-refractivity contribution < 1.29 is 27.7 Å². The van der Waals surface area contributed by atoms with Gasteiger partial charge in [0.15, 0.2) is 11.7 Å². The van der Waals surface area contributed by atoms with Crippen molar-refractivity contribution in [1.82, 2.24) is 4.98 Å². The van der Waals surface area contributed by atoms with Gasteiger partial charge >= 0.3 is 5.97 Å². The molecule has 13 heteroatoms. The Kier molecular flexibility index (Phi) is 6.80. The Hall–Kier alpha value is -3.84. The molecule has 1 amide bonds. The van der Waals surface area contributed by atoms with Gasteiger partial charge in [-0.15, -0.1) is 0 Å². The van der Waals surface area contributed by atoms with Crippen LogP contribution in [-0.2, 0) is 19.4 Å². The van der Waals surface area contributed by atoms with E-state index in [0.29, 0.717) is 17.0 Å². The van der Waals surface area contributed by atoms with E-state index >= 15 is 0 Å². The van der Waals surface area contributed by atoms with E-state index < -0.39 is 33.2 Å². The Bertz CT molecular complexity index is 1270. The third-order valence-electron chi connectivity index (χ3n) is 4.10. The average Bonchev–Trinajstić information content (AvgIpc) is 3.26. The Balaban J connectivity index is 1.63. The lowest BCUT2D eigenvalue weighted by molar-refractivity contribution is -0.384. The molecule has 0 saturated carbocycles. The van der Waals surface area contributed by atoms with Gasteiger partial charge in [0.1, 0.15) is 4.21 Å². The number of esters is 1. The number of carbonyl (C=O) groups excluding carboxylic acids is 2. The van der Waals surface area contributed by atoms with E-state index in [9.17, 15) is 28.1 Å². The summed E-state index contributed by atoms with van der Waals surface area (Å²) in [5.74, 6) is -1.40. The molecule has 0 saturated heterocycles. The quantitative estimate of drug-likeness (QED) is 0.283. The Morgan fingerprint density at radius 2 is 1.84 bits per heavy atom. The zero-order valence-electron chi connectivity index (χ0n) is 16.5. The zero-order chi connectivity index (χ0) is 23.3. The normalized spacial score (nSPS) is 10.9. The molecule has 0 radical (unpaired) electrons. The van der Waals surface area contributed by atoms with Crippen LogP contribution < -0.4 is 10.6 Å². The second-order valence-electron chi connectivity index (χ2n) is 6.16. The highest BCUT2D eigenvalue weighted by Crippen LogP contribution is 2.29.